The lowest BCUT2D eigenvalue weighted by molar-refractivity contribution is -0.133. The first-order chi connectivity index (χ1) is 13.9. The molecular formula is C22H23NO5S. The number of fused-ring (bicyclic) bond motifs is 1. The van der Waals surface area contributed by atoms with Crippen LogP contribution in [0, 0.1) is 0 Å². The number of benzene rings is 2. The van der Waals surface area contributed by atoms with Gasteiger partial charge < -0.3 is 14.1 Å². The Hall–Kier alpha value is -2.80. The molecule has 7 heteroatoms. The number of sulfone groups is 1. The first-order valence-electron chi connectivity index (χ1n) is 9.53. The van der Waals surface area contributed by atoms with Gasteiger partial charge in [0.15, 0.2) is 9.84 Å². The van der Waals surface area contributed by atoms with E-state index in [1.807, 2.05) is 42.5 Å². The maximum Gasteiger partial charge on any atom is 0.227 e. The Morgan fingerprint density at radius 3 is 2.69 bits per heavy atom. The Labute approximate surface area is 170 Å². The zero-order chi connectivity index (χ0) is 20.4. The average molecular weight is 413 g/mol. The van der Waals surface area contributed by atoms with Gasteiger partial charge in [-0.05, 0) is 24.1 Å². The van der Waals surface area contributed by atoms with Crippen LogP contribution < -0.4 is 4.74 Å². The van der Waals surface area contributed by atoms with Crippen molar-refractivity contribution in [2.75, 3.05) is 18.6 Å². The number of rotatable bonds is 6. The van der Waals surface area contributed by atoms with Gasteiger partial charge in [0.25, 0.3) is 0 Å². The number of ether oxygens (including phenoxy) is 1. The van der Waals surface area contributed by atoms with Crippen LogP contribution in [0.1, 0.15) is 17.5 Å². The van der Waals surface area contributed by atoms with Gasteiger partial charge in [0, 0.05) is 29.6 Å². The molecular weight excluding hydrogens is 390 g/mol. The van der Waals surface area contributed by atoms with Crippen molar-refractivity contribution < 1.29 is 22.4 Å². The second kappa shape index (κ2) is 7.91. The molecule has 29 heavy (non-hydrogen) atoms. The van der Waals surface area contributed by atoms with E-state index in [2.05, 4.69) is 0 Å². The van der Waals surface area contributed by atoms with Crippen molar-refractivity contribution in [3.8, 4) is 5.75 Å². The molecule has 0 aliphatic carbocycles. The molecule has 0 bridgehead atoms. The van der Waals surface area contributed by atoms with Gasteiger partial charge >= 0.3 is 0 Å². The fourth-order valence-electron chi connectivity index (χ4n) is 3.81. The summed E-state index contributed by atoms with van der Waals surface area (Å²) in [7, 11) is -1.51. The molecule has 1 aliphatic heterocycles. The van der Waals surface area contributed by atoms with E-state index < -0.39 is 9.84 Å². The van der Waals surface area contributed by atoms with Gasteiger partial charge in [0.05, 0.1) is 31.3 Å². The third kappa shape index (κ3) is 4.29. The number of amides is 1. The van der Waals surface area contributed by atoms with E-state index in [4.69, 9.17) is 9.15 Å². The molecule has 0 radical (unpaired) electrons. The van der Waals surface area contributed by atoms with E-state index in [1.165, 1.54) is 0 Å². The third-order valence-corrected chi connectivity index (χ3v) is 7.12. The largest absolute Gasteiger partial charge is 0.497 e. The zero-order valence-corrected chi connectivity index (χ0v) is 17.0. The van der Waals surface area contributed by atoms with Gasteiger partial charge in [0.1, 0.15) is 11.3 Å². The van der Waals surface area contributed by atoms with Crippen LogP contribution in [0.4, 0.5) is 0 Å². The summed E-state index contributed by atoms with van der Waals surface area (Å²) in [4.78, 5) is 15.0. The highest BCUT2D eigenvalue weighted by Gasteiger charge is 2.34. The summed E-state index contributed by atoms with van der Waals surface area (Å²) >= 11 is 0. The minimum absolute atomic E-state index is 0.0227. The quantitative estimate of drug-likeness (QED) is 0.620. The average Bonchev–Trinajstić information content (AvgIpc) is 3.29. The molecule has 1 saturated heterocycles. The topological polar surface area (TPSA) is 76.8 Å². The molecule has 152 valence electrons. The summed E-state index contributed by atoms with van der Waals surface area (Å²) in [6, 6.07) is 14.8. The molecule has 0 unspecified atom stereocenters. The van der Waals surface area contributed by atoms with E-state index in [-0.39, 0.29) is 29.9 Å². The third-order valence-electron chi connectivity index (χ3n) is 5.37. The second-order valence-corrected chi connectivity index (χ2v) is 9.59. The highest BCUT2D eigenvalue weighted by Crippen LogP contribution is 2.27. The van der Waals surface area contributed by atoms with Crippen molar-refractivity contribution in [2.45, 2.75) is 25.4 Å². The van der Waals surface area contributed by atoms with E-state index in [0.717, 1.165) is 16.5 Å². The van der Waals surface area contributed by atoms with Crippen LogP contribution >= 0.6 is 0 Å². The van der Waals surface area contributed by atoms with Crippen molar-refractivity contribution in [3.63, 3.8) is 0 Å². The zero-order valence-electron chi connectivity index (χ0n) is 16.2. The van der Waals surface area contributed by atoms with Gasteiger partial charge in [-0.15, -0.1) is 0 Å². The van der Waals surface area contributed by atoms with Gasteiger partial charge in [-0.25, -0.2) is 8.42 Å². The highest BCUT2D eigenvalue weighted by molar-refractivity contribution is 7.91. The number of carbonyl (C=O) groups excluding carboxylic acids is 1. The van der Waals surface area contributed by atoms with Crippen molar-refractivity contribution in [2.24, 2.45) is 0 Å². The van der Waals surface area contributed by atoms with Crippen molar-refractivity contribution in [3.05, 3.63) is 65.9 Å². The Morgan fingerprint density at radius 1 is 1.21 bits per heavy atom. The molecule has 0 saturated carbocycles. The first kappa shape index (κ1) is 19.5. The highest BCUT2D eigenvalue weighted by atomic mass is 32.2. The Morgan fingerprint density at radius 2 is 2.00 bits per heavy atom. The molecule has 1 atom stereocenters. The fraction of sp³-hybridized carbons (Fsp3) is 0.318. The Bertz CT molecular complexity index is 1120. The number of nitrogens with zero attached hydrogens (tertiary/aromatic N) is 1. The standard InChI is InChI=1S/C22H23NO5S/c1-27-19-7-8-20-17(14-28-21(20)12-19)11-22(24)23(13-16-5-3-2-4-6-16)18-9-10-29(25,26)15-18/h2-8,12,14,18H,9-11,13,15H2,1H3/t18-/m1/s1. The molecule has 2 heterocycles. The van der Waals surface area contributed by atoms with Crippen LogP contribution in [0.2, 0.25) is 0 Å². The maximum absolute atomic E-state index is 13.2. The lowest BCUT2D eigenvalue weighted by Crippen LogP contribution is -2.41. The lowest BCUT2D eigenvalue weighted by atomic mass is 10.1. The molecule has 2 aromatic carbocycles. The molecule has 0 spiro atoms. The molecule has 1 aromatic heterocycles. The van der Waals surface area contributed by atoms with Crippen LogP contribution in [0.5, 0.6) is 5.75 Å². The van der Waals surface area contributed by atoms with Crippen LogP contribution in [-0.2, 0) is 27.6 Å². The summed E-state index contributed by atoms with van der Waals surface area (Å²) in [6.45, 7) is 0.392. The normalized spacial score (nSPS) is 18.0. The summed E-state index contributed by atoms with van der Waals surface area (Å²) in [5.74, 6) is 0.737. The van der Waals surface area contributed by atoms with Crippen molar-refractivity contribution in [1.82, 2.24) is 4.90 Å². The van der Waals surface area contributed by atoms with Crippen LogP contribution in [0.25, 0.3) is 11.0 Å². The smallest absolute Gasteiger partial charge is 0.227 e. The fourth-order valence-corrected chi connectivity index (χ4v) is 5.54. The molecule has 1 fully saturated rings. The van der Waals surface area contributed by atoms with Crippen LogP contribution in [0.15, 0.2) is 59.2 Å². The SMILES string of the molecule is COc1ccc2c(CC(=O)N(Cc3ccccc3)[C@@H]3CCS(=O)(=O)C3)coc2c1. The monoisotopic (exact) mass is 413 g/mol. The van der Waals surface area contributed by atoms with Crippen molar-refractivity contribution >= 4 is 26.7 Å². The summed E-state index contributed by atoms with van der Waals surface area (Å²) in [5.41, 5.74) is 2.42. The second-order valence-electron chi connectivity index (χ2n) is 7.36. The Balaban J connectivity index is 1.59. The number of hydrogen-bond acceptors (Lipinski definition) is 5. The molecule has 4 rings (SSSR count). The van der Waals surface area contributed by atoms with E-state index in [1.54, 1.807) is 24.3 Å². The molecule has 1 aliphatic rings. The van der Waals surface area contributed by atoms with Gasteiger partial charge in [0.2, 0.25) is 5.91 Å². The minimum atomic E-state index is -3.10. The minimum Gasteiger partial charge on any atom is -0.497 e. The molecule has 6 nitrogen and oxygen atoms in total. The number of furan rings is 1. The lowest BCUT2D eigenvalue weighted by Gasteiger charge is -2.28. The molecule has 0 N–H and O–H groups in total. The van der Waals surface area contributed by atoms with E-state index in [0.29, 0.717) is 24.3 Å². The predicted octanol–water partition coefficient (Wildman–Crippen LogP) is 3.20. The van der Waals surface area contributed by atoms with Gasteiger partial charge in [-0.1, -0.05) is 30.3 Å². The summed E-state index contributed by atoms with van der Waals surface area (Å²) in [6.07, 6.45) is 2.22. The molecule has 1 amide bonds. The van der Waals surface area contributed by atoms with E-state index >= 15 is 0 Å². The first-order valence-corrected chi connectivity index (χ1v) is 11.4. The van der Waals surface area contributed by atoms with E-state index in [9.17, 15) is 13.2 Å². The summed E-state index contributed by atoms with van der Waals surface area (Å²) in [5, 5.41) is 0.859. The van der Waals surface area contributed by atoms with Gasteiger partial charge in [-0.3, -0.25) is 4.79 Å². The van der Waals surface area contributed by atoms with Crippen molar-refractivity contribution in [1.29, 1.82) is 0 Å². The summed E-state index contributed by atoms with van der Waals surface area (Å²) < 4.78 is 34.8. The van der Waals surface area contributed by atoms with Crippen LogP contribution in [-0.4, -0.2) is 43.9 Å². The van der Waals surface area contributed by atoms with Crippen LogP contribution in [0.3, 0.4) is 0 Å². The molecule has 3 aromatic rings. The number of hydrogen-bond donors (Lipinski definition) is 0. The Kier molecular flexibility index (Phi) is 5.32. The number of methoxy groups -OCH3 is 1. The predicted molar refractivity (Wildman–Crippen MR) is 111 cm³/mol. The number of carbonyl (C=O) groups is 1. The maximum atomic E-state index is 13.2. The van der Waals surface area contributed by atoms with Gasteiger partial charge in [-0.2, -0.15) is 0 Å².